The Morgan fingerprint density at radius 3 is 3.00 bits per heavy atom. The van der Waals surface area contributed by atoms with Crippen molar-refractivity contribution in [1.82, 2.24) is 0 Å². The smallest absolute Gasteiger partial charge is 0.123 e. The van der Waals surface area contributed by atoms with Crippen LogP contribution in [0.5, 0.6) is 0 Å². The summed E-state index contributed by atoms with van der Waals surface area (Å²) in [6.45, 7) is 3.62. The Morgan fingerprint density at radius 1 is 1.44 bits per heavy atom. The van der Waals surface area contributed by atoms with Gasteiger partial charge in [0.1, 0.15) is 5.82 Å². The fourth-order valence-corrected chi connectivity index (χ4v) is 2.68. The van der Waals surface area contributed by atoms with Crippen molar-refractivity contribution in [3.05, 3.63) is 47.6 Å². The number of fused-ring (bicyclic) bond motifs is 1. The van der Waals surface area contributed by atoms with Crippen molar-refractivity contribution in [2.24, 2.45) is 0 Å². The number of aliphatic hydroxyl groups is 1. The molecule has 0 amide bonds. The van der Waals surface area contributed by atoms with E-state index in [9.17, 15) is 9.50 Å². The van der Waals surface area contributed by atoms with Crippen LogP contribution in [0.3, 0.4) is 0 Å². The van der Waals surface area contributed by atoms with Crippen molar-refractivity contribution in [3.8, 4) is 0 Å². The Balaban J connectivity index is 2.28. The molecule has 1 aromatic carbocycles. The lowest BCUT2D eigenvalue weighted by atomic mass is 10.1. The maximum Gasteiger partial charge on any atom is 0.123 e. The molecule has 0 bridgehead atoms. The van der Waals surface area contributed by atoms with Gasteiger partial charge in [-0.05, 0) is 42.5 Å². The highest BCUT2D eigenvalue weighted by Crippen LogP contribution is 2.32. The molecule has 0 aliphatic heterocycles. The fourth-order valence-electron chi connectivity index (χ4n) is 1.62. The van der Waals surface area contributed by atoms with E-state index in [-0.39, 0.29) is 5.82 Å². The summed E-state index contributed by atoms with van der Waals surface area (Å²) in [6.07, 6.45) is 2.76. The number of benzene rings is 1. The van der Waals surface area contributed by atoms with Gasteiger partial charge in [-0.2, -0.15) is 0 Å². The van der Waals surface area contributed by atoms with Crippen molar-refractivity contribution in [3.63, 3.8) is 0 Å². The molecule has 0 fully saturated rings. The second-order valence-electron chi connectivity index (χ2n) is 3.71. The summed E-state index contributed by atoms with van der Waals surface area (Å²) in [5.41, 5.74) is 0. The molecule has 1 aromatic heterocycles. The van der Waals surface area contributed by atoms with E-state index in [4.69, 9.17) is 0 Å². The highest BCUT2D eigenvalue weighted by atomic mass is 32.1. The standard InChI is InChI=1S/C13H13FOS/c1-2-3-4-11(15)13-8-9-7-10(14)5-6-12(9)16-13/h2,5-8,11,15H,1,3-4H2. The van der Waals surface area contributed by atoms with Gasteiger partial charge >= 0.3 is 0 Å². The summed E-state index contributed by atoms with van der Waals surface area (Å²) in [5, 5.41) is 10.7. The van der Waals surface area contributed by atoms with Gasteiger partial charge in [0.25, 0.3) is 0 Å². The minimum Gasteiger partial charge on any atom is -0.388 e. The van der Waals surface area contributed by atoms with Crippen molar-refractivity contribution in [1.29, 1.82) is 0 Å². The van der Waals surface area contributed by atoms with Gasteiger partial charge in [0.05, 0.1) is 6.10 Å². The third kappa shape index (κ3) is 2.31. The average molecular weight is 236 g/mol. The summed E-state index contributed by atoms with van der Waals surface area (Å²) in [4.78, 5) is 0.891. The number of aliphatic hydroxyl groups excluding tert-OH is 1. The first kappa shape index (κ1) is 11.3. The maximum atomic E-state index is 13.0. The molecule has 3 heteroatoms. The summed E-state index contributed by atoms with van der Waals surface area (Å²) in [6, 6.07) is 6.55. The van der Waals surface area contributed by atoms with Crippen molar-refractivity contribution in [2.45, 2.75) is 18.9 Å². The molecule has 0 aliphatic carbocycles. The SMILES string of the molecule is C=CCCC(O)c1cc2cc(F)ccc2s1. The first-order valence-corrected chi connectivity index (χ1v) is 6.00. The molecular formula is C13H13FOS. The van der Waals surface area contributed by atoms with E-state index in [1.165, 1.54) is 23.5 Å². The normalized spacial score (nSPS) is 12.9. The fraction of sp³-hybridized carbons (Fsp3) is 0.231. The van der Waals surface area contributed by atoms with Crippen LogP contribution in [0.25, 0.3) is 10.1 Å². The molecule has 2 rings (SSSR count). The van der Waals surface area contributed by atoms with Gasteiger partial charge in [-0.25, -0.2) is 4.39 Å². The third-order valence-corrected chi connectivity index (χ3v) is 3.69. The highest BCUT2D eigenvalue weighted by molar-refractivity contribution is 7.19. The summed E-state index contributed by atoms with van der Waals surface area (Å²) in [7, 11) is 0. The number of rotatable bonds is 4. The van der Waals surface area contributed by atoms with Crippen LogP contribution in [0.1, 0.15) is 23.8 Å². The van der Waals surface area contributed by atoms with Crippen LogP contribution < -0.4 is 0 Å². The lowest BCUT2D eigenvalue weighted by molar-refractivity contribution is 0.172. The van der Waals surface area contributed by atoms with Gasteiger partial charge in [-0.1, -0.05) is 6.08 Å². The molecule has 1 heterocycles. The zero-order valence-corrected chi connectivity index (χ0v) is 9.64. The van der Waals surface area contributed by atoms with E-state index in [1.807, 2.05) is 6.07 Å². The highest BCUT2D eigenvalue weighted by Gasteiger charge is 2.10. The van der Waals surface area contributed by atoms with E-state index < -0.39 is 6.10 Å². The number of hydrogen-bond acceptors (Lipinski definition) is 2. The Bertz CT molecular complexity index is 504. The lowest BCUT2D eigenvalue weighted by Crippen LogP contribution is -1.92. The van der Waals surface area contributed by atoms with Crippen LogP contribution in [0, 0.1) is 5.82 Å². The van der Waals surface area contributed by atoms with Gasteiger partial charge in [0.2, 0.25) is 0 Å². The summed E-state index contributed by atoms with van der Waals surface area (Å²) >= 11 is 1.51. The molecule has 1 atom stereocenters. The predicted octanol–water partition coefficient (Wildman–Crippen LogP) is 4.04. The van der Waals surface area contributed by atoms with Crippen LogP contribution in [-0.4, -0.2) is 5.11 Å². The average Bonchev–Trinajstić information content (AvgIpc) is 2.68. The van der Waals surface area contributed by atoms with Crippen molar-refractivity contribution < 1.29 is 9.50 Å². The molecule has 0 radical (unpaired) electrons. The summed E-state index contributed by atoms with van der Waals surface area (Å²) < 4.78 is 14.0. The molecule has 84 valence electrons. The van der Waals surface area contributed by atoms with Crippen molar-refractivity contribution >= 4 is 21.4 Å². The number of hydrogen-bond donors (Lipinski definition) is 1. The van der Waals surface area contributed by atoms with Crippen LogP contribution in [0.2, 0.25) is 0 Å². The van der Waals surface area contributed by atoms with Gasteiger partial charge in [0.15, 0.2) is 0 Å². The largest absolute Gasteiger partial charge is 0.388 e. The Hall–Kier alpha value is -1.19. The Kier molecular flexibility index (Phi) is 3.36. The molecule has 1 unspecified atom stereocenters. The molecule has 0 saturated carbocycles. The Labute approximate surface area is 97.8 Å². The van der Waals surface area contributed by atoms with Gasteiger partial charge in [-0.3, -0.25) is 0 Å². The van der Waals surface area contributed by atoms with Gasteiger partial charge in [0, 0.05) is 9.58 Å². The van der Waals surface area contributed by atoms with Crippen LogP contribution in [-0.2, 0) is 0 Å². The van der Waals surface area contributed by atoms with E-state index in [2.05, 4.69) is 6.58 Å². The van der Waals surface area contributed by atoms with Gasteiger partial charge in [-0.15, -0.1) is 17.9 Å². The molecule has 0 aliphatic rings. The quantitative estimate of drug-likeness (QED) is 0.794. The first-order chi connectivity index (χ1) is 7.70. The predicted molar refractivity (Wildman–Crippen MR) is 66.2 cm³/mol. The van der Waals surface area contributed by atoms with E-state index >= 15 is 0 Å². The first-order valence-electron chi connectivity index (χ1n) is 5.18. The molecule has 1 N–H and O–H groups in total. The Morgan fingerprint density at radius 2 is 2.25 bits per heavy atom. The molecule has 1 nitrogen and oxygen atoms in total. The van der Waals surface area contributed by atoms with Gasteiger partial charge < -0.3 is 5.11 Å². The molecule has 0 spiro atoms. The van der Waals surface area contributed by atoms with Crippen molar-refractivity contribution in [2.75, 3.05) is 0 Å². The molecular weight excluding hydrogens is 223 g/mol. The minimum atomic E-state index is -0.474. The third-order valence-electron chi connectivity index (χ3n) is 2.47. The second-order valence-corrected chi connectivity index (χ2v) is 4.83. The van der Waals surface area contributed by atoms with Crippen LogP contribution in [0.15, 0.2) is 36.9 Å². The summed E-state index contributed by atoms with van der Waals surface area (Å²) in [5.74, 6) is -0.238. The maximum absolute atomic E-state index is 13.0. The minimum absolute atomic E-state index is 0.238. The topological polar surface area (TPSA) is 20.2 Å². The molecule has 2 aromatic rings. The zero-order valence-electron chi connectivity index (χ0n) is 8.82. The van der Waals surface area contributed by atoms with E-state index in [0.717, 1.165) is 21.4 Å². The lowest BCUT2D eigenvalue weighted by Gasteiger charge is -2.04. The molecule has 16 heavy (non-hydrogen) atoms. The molecule has 0 saturated heterocycles. The van der Waals surface area contributed by atoms with E-state index in [0.29, 0.717) is 6.42 Å². The second kappa shape index (κ2) is 4.76. The van der Waals surface area contributed by atoms with Crippen LogP contribution in [0.4, 0.5) is 4.39 Å². The zero-order chi connectivity index (χ0) is 11.5. The number of halogens is 1. The van der Waals surface area contributed by atoms with Crippen LogP contribution >= 0.6 is 11.3 Å². The monoisotopic (exact) mass is 236 g/mol. The number of thiophene rings is 1. The number of allylic oxidation sites excluding steroid dienone is 1. The van der Waals surface area contributed by atoms with E-state index in [1.54, 1.807) is 12.1 Å².